The Labute approximate surface area is 200 Å². The van der Waals surface area contributed by atoms with Crippen molar-refractivity contribution in [3.63, 3.8) is 0 Å². The molecule has 0 spiro atoms. The normalized spacial score (nSPS) is 16.1. The second-order valence-electron chi connectivity index (χ2n) is 6.84. The number of nitrogens with zero attached hydrogens (tertiary/aromatic N) is 1. The van der Waals surface area contributed by atoms with Gasteiger partial charge in [0.2, 0.25) is 0 Å². The van der Waals surface area contributed by atoms with Crippen molar-refractivity contribution < 1.29 is 19.0 Å². The first kappa shape index (κ1) is 23.5. The predicted octanol–water partition coefficient (Wildman–Crippen LogP) is 5.77. The maximum atomic E-state index is 12.5. The second kappa shape index (κ2) is 10.9. The van der Waals surface area contributed by atoms with Gasteiger partial charge in [0.25, 0.3) is 5.91 Å². The summed E-state index contributed by atoms with van der Waals surface area (Å²) >= 11 is 3.54. The number of ether oxygens (including phenoxy) is 3. The zero-order valence-corrected chi connectivity index (χ0v) is 20.9. The first-order valence-corrected chi connectivity index (χ1v) is 11.9. The van der Waals surface area contributed by atoms with Crippen molar-refractivity contribution in [1.82, 2.24) is 5.32 Å². The van der Waals surface area contributed by atoms with Crippen LogP contribution in [-0.2, 0) is 4.79 Å². The molecule has 0 aliphatic carbocycles. The Kier molecular flexibility index (Phi) is 8.25. The molecule has 8 heteroatoms. The zero-order valence-electron chi connectivity index (χ0n) is 17.9. The number of halogens is 1. The summed E-state index contributed by atoms with van der Waals surface area (Å²) in [7, 11) is 0. The molecular weight excluding hydrogens is 527 g/mol. The summed E-state index contributed by atoms with van der Waals surface area (Å²) in [5.74, 6) is 2.01. The van der Waals surface area contributed by atoms with Crippen LogP contribution in [0.25, 0.3) is 6.08 Å². The number of carbonyl (C=O) groups is 1. The van der Waals surface area contributed by atoms with Crippen LogP contribution in [0.2, 0.25) is 0 Å². The zero-order chi connectivity index (χ0) is 22.4. The van der Waals surface area contributed by atoms with Gasteiger partial charge in [-0.05, 0) is 110 Å². The molecule has 31 heavy (non-hydrogen) atoms. The number of amidine groups is 1. The maximum absolute atomic E-state index is 12.5. The first-order chi connectivity index (χ1) is 14.9. The van der Waals surface area contributed by atoms with E-state index in [4.69, 9.17) is 14.2 Å². The molecule has 3 rings (SSSR count). The average molecular weight is 552 g/mol. The van der Waals surface area contributed by atoms with Crippen molar-refractivity contribution in [2.24, 2.45) is 4.99 Å². The minimum absolute atomic E-state index is 0.0365. The van der Waals surface area contributed by atoms with Gasteiger partial charge in [0.1, 0.15) is 5.75 Å². The summed E-state index contributed by atoms with van der Waals surface area (Å²) in [5.41, 5.74) is 1.61. The van der Waals surface area contributed by atoms with E-state index in [0.29, 0.717) is 29.0 Å². The van der Waals surface area contributed by atoms with Crippen LogP contribution in [0.15, 0.2) is 46.3 Å². The van der Waals surface area contributed by atoms with Crippen molar-refractivity contribution in [3.05, 3.63) is 50.4 Å². The molecule has 0 unspecified atom stereocenters. The van der Waals surface area contributed by atoms with Gasteiger partial charge < -0.3 is 19.5 Å². The van der Waals surface area contributed by atoms with Gasteiger partial charge in [0, 0.05) is 0 Å². The largest absolute Gasteiger partial charge is 0.494 e. The number of hydrogen-bond acceptors (Lipinski definition) is 6. The molecule has 0 atom stereocenters. The van der Waals surface area contributed by atoms with Crippen molar-refractivity contribution in [2.75, 3.05) is 13.2 Å². The van der Waals surface area contributed by atoms with Crippen LogP contribution in [0, 0.1) is 3.57 Å². The number of rotatable bonds is 8. The molecule has 1 heterocycles. The van der Waals surface area contributed by atoms with E-state index in [1.54, 1.807) is 0 Å². The van der Waals surface area contributed by atoms with E-state index in [9.17, 15) is 4.79 Å². The fourth-order valence-corrected chi connectivity index (χ4v) is 4.41. The van der Waals surface area contributed by atoms with Gasteiger partial charge in [-0.1, -0.05) is 0 Å². The Bertz CT molecular complexity index is 1000. The topological polar surface area (TPSA) is 69.2 Å². The highest BCUT2D eigenvalue weighted by molar-refractivity contribution is 14.1. The van der Waals surface area contributed by atoms with E-state index in [2.05, 4.69) is 32.9 Å². The number of amides is 1. The highest BCUT2D eigenvalue weighted by Crippen LogP contribution is 2.37. The number of benzene rings is 2. The lowest BCUT2D eigenvalue weighted by molar-refractivity contribution is -0.115. The van der Waals surface area contributed by atoms with Gasteiger partial charge >= 0.3 is 0 Å². The van der Waals surface area contributed by atoms with E-state index in [0.717, 1.165) is 26.3 Å². The molecular formula is C23H25IN2O4S. The summed E-state index contributed by atoms with van der Waals surface area (Å²) in [6, 6.07) is 11.3. The van der Waals surface area contributed by atoms with Gasteiger partial charge in [0.15, 0.2) is 16.7 Å². The maximum Gasteiger partial charge on any atom is 0.264 e. The minimum atomic E-state index is -0.176. The lowest BCUT2D eigenvalue weighted by Gasteiger charge is -2.17. The van der Waals surface area contributed by atoms with Crippen molar-refractivity contribution in [2.45, 2.75) is 33.8 Å². The van der Waals surface area contributed by atoms with Crippen LogP contribution in [0.4, 0.5) is 5.69 Å². The monoisotopic (exact) mass is 552 g/mol. The smallest absolute Gasteiger partial charge is 0.264 e. The molecule has 0 bridgehead atoms. The number of carbonyl (C=O) groups excluding carboxylic acids is 1. The second-order valence-corrected chi connectivity index (χ2v) is 9.03. The molecule has 6 nitrogen and oxygen atoms in total. The Morgan fingerprint density at radius 2 is 1.84 bits per heavy atom. The quantitative estimate of drug-likeness (QED) is 0.333. The Morgan fingerprint density at radius 1 is 1.13 bits per heavy atom. The highest BCUT2D eigenvalue weighted by atomic mass is 127. The molecule has 0 radical (unpaired) electrons. The van der Waals surface area contributed by atoms with Gasteiger partial charge in [-0.15, -0.1) is 0 Å². The van der Waals surface area contributed by atoms with Gasteiger partial charge in [0.05, 0.1) is 33.5 Å². The van der Waals surface area contributed by atoms with Crippen molar-refractivity contribution >= 4 is 57.2 Å². The standard InChI is InChI=1S/C23H25IN2O4S/c1-5-28-17-9-7-16(8-10-17)25-23-26-22(27)20(31-23)13-15-11-18(24)21(30-14(3)4)19(12-15)29-6-2/h7-14H,5-6H2,1-4H3,(H,25,26,27)/b20-13-. The Hall–Kier alpha value is -2.20. The fraction of sp³-hybridized carbons (Fsp3) is 0.304. The highest BCUT2D eigenvalue weighted by Gasteiger charge is 2.24. The molecule has 0 aromatic heterocycles. The third-order valence-corrected chi connectivity index (χ3v) is 5.72. The predicted molar refractivity (Wildman–Crippen MR) is 135 cm³/mol. The molecule has 1 saturated heterocycles. The van der Waals surface area contributed by atoms with E-state index >= 15 is 0 Å². The summed E-state index contributed by atoms with van der Waals surface area (Å²) in [6.45, 7) is 8.97. The minimum Gasteiger partial charge on any atom is -0.494 e. The Morgan fingerprint density at radius 3 is 2.48 bits per heavy atom. The number of aliphatic imine (C=N–C) groups is 1. The molecule has 1 aliphatic heterocycles. The van der Waals surface area contributed by atoms with Crippen molar-refractivity contribution in [1.29, 1.82) is 0 Å². The van der Waals surface area contributed by atoms with E-state index in [1.807, 2.05) is 70.2 Å². The summed E-state index contributed by atoms with van der Waals surface area (Å²) in [5, 5.41) is 3.36. The molecule has 2 aromatic carbocycles. The molecule has 164 valence electrons. The average Bonchev–Trinajstić information content (AvgIpc) is 3.05. The SMILES string of the molecule is CCOc1ccc(N=C2NC(=O)/C(=C/c3cc(I)c(OC(C)C)c(OCC)c3)S2)cc1. The van der Waals surface area contributed by atoms with E-state index in [-0.39, 0.29) is 12.0 Å². The van der Waals surface area contributed by atoms with Gasteiger partial charge in [-0.25, -0.2) is 4.99 Å². The molecule has 0 saturated carbocycles. The summed E-state index contributed by atoms with van der Waals surface area (Å²) < 4.78 is 18.1. The molecule has 1 N–H and O–H groups in total. The van der Waals surface area contributed by atoms with Crippen LogP contribution in [0.3, 0.4) is 0 Å². The molecule has 1 aliphatic rings. The third kappa shape index (κ3) is 6.39. The number of nitrogens with one attached hydrogen (secondary N) is 1. The summed E-state index contributed by atoms with van der Waals surface area (Å²) in [4.78, 5) is 17.6. The number of hydrogen-bond donors (Lipinski definition) is 1. The van der Waals surface area contributed by atoms with Gasteiger partial charge in [-0.2, -0.15) is 0 Å². The third-order valence-electron chi connectivity index (χ3n) is 4.01. The first-order valence-electron chi connectivity index (χ1n) is 10.0. The molecule has 1 amide bonds. The van der Waals surface area contributed by atoms with Crippen LogP contribution >= 0.6 is 34.4 Å². The van der Waals surface area contributed by atoms with Crippen LogP contribution < -0.4 is 19.5 Å². The molecule has 1 fully saturated rings. The van der Waals surface area contributed by atoms with Crippen LogP contribution in [0.1, 0.15) is 33.3 Å². The van der Waals surface area contributed by atoms with Crippen LogP contribution in [-0.4, -0.2) is 30.4 Å². The van der Waals surface area contributed by atoms with Crippen LogP contribution in [0.5, 0.6) is 17.2 Å². The van der Waals surface area contributed by atoms with E-state index in [1.165, 1.54) is 11.8 Å². The fourth-order valence-electron chi connectivity index (χ4n) is 2.82. The van der Waals surface area contributed by atoms with Crippen molar-refractivity contribution in [3.8, 4) is 17.2 Å². The van der Waals surface area contributed by atoms with Gasteiger partial charge in [-0.3, -0.25) is 4.79 Å². The molecule has 2 aromatic rings. The lowest BCUT2D eigenvalue weighted by atomic mass is 10.2. The number of thioether (sulfide) groups is 1. The Balaban J connectivity index is 1.82. The summed E-state index contributed by atoms with van der Waals surface area (Å²) in [6.07, 6.45) is 1.87. The lowest BCUT2D eigenvalue weighted by Crippen LogP contribution is -2.19. The van der Waals surface area contributed by atoms with E-state index < -0.39 is 0 Å².